The first-order valence-electron chi connectivity index (χ1n) is 9.48. The largest absolute Gasteiger partial charge is 0.480 e. The van der Waals surface area contributed by atoms with E-state index in [0.717, 1.165) is 0 Å². The van der Waals surface area contributed by atoms with Crippen LogP contribution in [0.2, 0.25) is 0 Å². The number of carboxylic acids is 3. The minimum Gasteiger partial charge on any atom is -0.480 e. The number of hydrogen-bond acceptors (Lipinski definition) is 9. The van der Waals surface area contributed by atoms with Gasteiger partial charge in [0, 0.05) is 18.6 Å². The molecule has 32 heavy (non-hydrogen) atoms. The maximum Gasteiger partial charge on any atom is 0.322 e. The van der Waals surface area contributed by atoms with Crippen molar-refractivity contribution in [3.8, 4) is 0 Å². The third kappa shape index (κ3) is 16.8. The van der Waals surface area contributed by atoms with Crippen LogP contribution in [0.4, 0.5) is 0 Å². The number of carbonyl (C=O) groups excluding carboxylic acids is 3. The predicted molar refractivity (Wildman–Crippen MR) is 115 cm³/mol. The molecule has 184 valence electrons. The molecule has 0 aromatic heterocycles. The molecule has 10 N–H and O–H groups in total. The van der Waals surface area contributed by atoms with E-state index in [1.54, 1.807) is 6.92 Å². The summed E-state index contributed by atoms with van der Waals surface area (Å²) in [6, 6.07) is -2.82. The normalized spacial score (nSPS) is 12.8. The second kappa shape index (κ2) is 17.7. The summed E-state index contributed by atoms with van der Waals surface area (Å²) in [6.45, 7) is 1.80. The average molecular weight is 482 g/mol. The number of rotatable bonds is 15. The smallest absolute Gasteiger partial charge is 0.322 e. The number of primary amides is 1. The van der Waals surface area contributed by atoms with E-state index in [1.165, 1.54) is 0 Å². The van der Waals surface area contributed by atoms with Gasteiger partial charge < -0.3 is 42.7 Å². The fourth-order valence-corrected chi connectivity index (χ4v) is 2.26. The molecule has 14 nitrogen and oxygen atoms in total. The van der Waals surface area contributed by atoms with Gasteiger partial charge in [-0.2, -0.15) is 12.6 Å². The fraction of sp³-hybridized carbons (Fsp3) is 0.647. The summed E-state index contributed by atoms with van der Waals surface area (Å²) < 4.78 is 0. The number of hydrogen-bond donors (Lipinski definition) is 9. The topological polar surface area (TPSA) is 251 Å². The molecule has 3 atom stereocenters. The van der Waals surface area contributed by atoms with Crippen molar-refractivity contribution in [1.29, 1.82) is 0 Å². The summed E-state index contributed by atoms with van der Waals surface area (Å²) in [4.78, 5) is 64.6. The minimum absolute atomic E-state index is 0.0256. The highest BCUT2D eigenvalue weighted by atomic mass is 32.1. The molecule has 2 unspecified atom stereocenters. The van der Waals surface area contributed by atoms with Gasteiger partial charge in [-0.15, -0.1) is 0 Å². The highest BCUT2D eigenvalue weighted by Gasteiger charge is 2.21. The minimum atomic E-state index is -1.22. The van der Waals surface area contributed by atoms with Gasteiger partial charge in [0.15, 0.2) is 0 Å². The van der Waals surface area contributed by atoms with Crippen molar-refractivity contribution < 1.29 is 44.1 Å². The zero-order chi connectivity index (χ0) is 25.3. The maximum absolute atomic E-state index is 11.5. The second-order valence-electron chi connectivity index (χ2n) is 6.35. The Labute approximate surface area is 189 Å². The Balaban J connectivity index is 0. The molecular formula is C17H31N5O9S. The molecule has 0 aliphatic heterocycles. The van der Waals surface area contributed by atoms with E-state index in [-0.39, 0.29) is 31.4 Å². The van der Waals surface area contributed by atoms with Crippen molar-refractivity contribution in [1.82, 2.24) is 16.0 Å². The van der Waals surface area contributed by atoms with Crippen LogP contribution in [0.25, 0.3) is 0 Å². The molecule has 0 saturated heterocycles. The van der Waals surface area contributed by atoms with Gasteiger partial charge in [-0.25, -0.2) is 0 Å². The van der Waals surface area contributed by atoms with E-state index in [1.807, 2.05) is 0 Å². The predicted octanol–water partition coefficient (Wildman–Crippen LogP) is -2.89. The number of thiol groups is 1. The number of aliphatic carboxylic acids is 3. The molecule has 0 aromatic carbocycles. The standard InChI is InChI=1S/C10H17N3O6S.C7H14N2O3/c11-5(10(18)19)1-2-7(14)13-6(4-20)9(17)12-3-8(15)16;1-2-9-5(7(11)12)3-4-6(8)10/h5-6,20H,1-4,11H2,(H,12,17)(H,13,14)(H,15,16)(H,18,19);5,9H,2-4H2,1H3,(H2,8,10)(H,11,12)/t;5-/m.0/s1. The Kier molecular flexibility index (Phi) is 17.3. The van der Waals surface area contributed by atoms with E-state index in [2.05, 4.69) is 28.6 Å². The molecule has 0 bridgehead atoms. The zero-order valence-corrected chi connectivity index (χ0v) is 18.5. The number of likely N-dealkylation sites (N-methyl/N-ethyl adjacent to an activating group) is 1. The lowest BCUT2D eigenvalue weighted by atomic mass is 10.1. The van der Waals surface area contributed by atoms with Gasteiger partial charge >= 0.3 is 17.9 Å². The molecule has 0 aromatic rings. The van der Waals surface area contributed by atoms with Gasteiger partial charge in [-0.1, -0.05) is 6.92 Å². The van der Waals surface area contributed by atoms with Crippen molar-refractivity contribution in [2.75, 3.05) is 18.8 Å². The van der Waals surface area contributed by atoms with E-state index in [0.29, 0.717) is 6.54 Å². The van der Waals surface area contributed by atoms with Gasteiger partial charge in [0.2, 0.25) is 17.7 Å². The maximum atomic E-state index is 11.5. The summed E-state index contributed by atoms with van der Waals surface area (Å²) in [7, 11) is 0. The van der Waals surface area contributed by atoms with Gasteiger partial charge in [-0.05, 0) is 19.4 Å². The molecule has 0 spiro atoms. The van der Waals surface area contributed by atoms with Crippen LogP contribution in [-0.2, 0) is 28.8 Å². The van der Waals surface area contributed by atoms with Gasteiger partial charge in [0.1, 0.15) is 24.7 Å². The molecular weight excluding hydrogens is 450 g/mol. The van der Waals surface area contributed by atoms with Crippen LogP contribution in [-0.4, -0.2) is 87.9 Å². The lowest BCUT2D eigenvalue weighted by Gasteiger charge is -2.16. The number of amides is 3. The van der Waals surface area contributed by atoms with Crippen molar-refractivity contribution >= 4 is 48.3 Å². The average Bonchev–Trinajstić information content (AvgIpc) is 2.71. The Morgan fingerprint density at radius 2 is 1.53 bits per heavy atom. The van der Waals surface area contributed by atoms with Crippen molar-refractivity contribution in [3.05, 3.63) is 0 Å². The molecule has 0 rings (SSSR count). The summed E-state index contributed by atoms with van der Waals surface area (Å²) in [5.41, 5.74) is 10.1. The quantitative estimate of drug-likeness (QED) is 0.107. The van der Waals surface area contributed by atoms with Gasteiger partial charge in [0.25, 0.3) is 0 Å². The van der Waals surface area contributed by atoms with Crippen LogP contribution in [0.5, 0.6) is 0 Å². The molecule has 0 fully saturated rings. The zero-order valence-electron chi connectivity index (χ0n) is 17.6. The first-order valence-corrected chi connectivity index (χ1v) is 10.1. The fourth-order valence-electron chi connectivity index (χ4n) is 2.00. The van der Waals surface area contributed by atoms with E-state index >= 15 is 0 Å². The highest BCUT2D eigenvalue weighted by Crippen LogP contribution is 1.98. The molecule has 0 radical (unpaired) electrons. The van der Waals surface area contributed by atoms with Crippen LogP contribution < -0.4 is 27.4 Å². The molecule has 0 aliphatic rings. The lowest BCUT2D eigenvalue weighted by Crippen LogP contribution is -2.49. The molecule has 0 heterocycles. The Hall–Kier alpha value is -2.91. The van der Waals surface area contributed by atoms with Crippen molar-refractivity contribution in [2.24, 2.45) is 11.5 Å². The summed E-state index contributed by atoms with van der Waals surface area (Å²) in [5.74, 6) is -5.12. The first kappa shape index (κ1) is 31.3. The summed E-state index contributed by atoms with van der Waals surface area (Å²) >= 11 is 3.87. The molecule has 15 heteroatoms. The van der Waals surface area contributed by atoms with Crippen LogP contribution >= 0.6 is 12.6 Å². The van der Waals surface area contributed by atoms with Crippen molar-refractivity contribution in [3.63, 3.8) is 0 Å². The summed E-state index contributed by atoms with van der Waals surface area (Å²) in [5, 5.41) is 32.7. The lowest BCUT2D eigenvalue weighted by molar-refractivity contribution is -0.140. The monoisotopic (exact) mass is 481 g/mol. The SMILES string of the molecule is CCN[C@@H](CCC(N)=O)C(=O)O.NC(CCC(=O)NC(CS)C(=O)NCC(=O)O)C(=O)O. The van der Waals surface area contributed by atoms with E-state index < -0.39 is 60.3 Å². The van der Waals surface area contributed by atoms with E-state index in [4.69, 9.17) is 26.8 Å². The molecule has 3 amide bonds. The summed E-state index contributed by atoms with van der Waals surface area (Å²) in [6.07, 6.45) is 0.115. The number of carbonyl (C=O) groups is 6. The van der Waals surface area contributed by atoms with E-state index in [9.17, 15) is 28.8 Å². The first-order chi connectivity index (χ1) is 14.8. The third-order valence-corrected chi connectivity index (χ3v) is 4.04. The van der Waals surface area contributed by atoms with Gasteiger partial charge in [0.05, 0.1) is 0 Å². The van der Waals surface area contributed by atoms with Gasteiger partial charge in [-0.3, -0.25) is 28.8 Å². The Morgan fingerprint density at radius 1 is 0.938 bits per heavy atom. The number of nitrogens with one attached hydrogen (secondary N) is 3. The Bertz CT molecular complexity index is 662. The molecule has 0 aliphatic carbocycles. The number of nitrogens with two attached hydrogens (primary N) is 2. The van der Waals surface area contributed by atoms with Crippen LogP contribution in [0.15, 0.2) is 0 Å². The Morgan fingerprint density at radius 3 is 1.94 bits per heavy atom. The number of carboxylic acid groups (broad SMARTS) is 3. The van der Waals surface area contributed by atoms with Crippen LogP contribution in [0.1, 0.15) is 32.6 Å². The van der Waals surface area contributed by atoms with Crippen LogP contribution in [0, 0.1) is 0 Å². The molecule has 0 saturated carbocycles. The van der Waals surface area contributed by atoms with Crippen molar-refractivity contribution in [2.45, 2.75) is 50.7 Å². The third-order valence-electron chi connectivity index (χ3n) is 3.68. The highest BCUT2D eigenvalue weighted by molar-refractivity contribution is 7.80. The van der Waals surface area contributed by atoms with Crippen LogP contribution in [0.3, 0.4) is 0 Å². The second-order valence-corrected chi connectivity index (χ2v) is 6.72.